The van der Waals surface area contributed by atoms with Crippen molar-refractivity contribution in [2.45, 2.75) is 431 Å². The highest BCUT2D eigenvalue weighted by Crippen LogP contribution is 2.43. The van der Waals surface area contributed by atoms with Crippen LogP contribution >= 0.6 is 7.82 Å². The van der Waals surface area contributed by atoms with Gasteiger partial charge in [-0.15, -0.1) is 0 Å². The summed E-state index contributed by atoms with van der Waals surface area (Å²) < 4.78 is 34.9. The van der Waals surface area contributed by atoms with Crippen LogP contribution in [0.5, 0.6) is 0 Å². The summed E-state index contributed by atoms with van der Waals surface area (Å²) in [7, 11) is 1.50. The van der Waals surface area contributed by atoms with Crippen LogP contribution in [0.3, 0.4) is 0 Å². The minimum Gasteiger partial charge on any atom is -0.462 e. The average molecular weight is 1400 g/mol. The van der Waals surface area contributed by atoms with E-state index < -0.39 is 26.5 Å². The molecule has 0 radical (unpaired) electrons. The van der Waals surface area contributed by atoms with Crippen molar-refractivity contribution in [1.29, 1.82) is 0 Å². The van der Waals surface area contributed by atoms with Gasteiger partial charge in [0.25, 0.3) is 0 Å². The predicted molar refractivity (Wildman–Crippen MR) is 427 cm³/mol. The summed E-state index contributed by atoms with van der Waals surface area (Å²) in [5, 5.41) is 0. The number of hydrogen-bond acceptors (Lipinski definition) is 7. The number of phosphoric acid groups is 1. The number of quaternary nitrogens is 1. The van der Waals surface area contributed by atoms with Crippen LogP contribution < -0.4 is 0 Å². The van der Waals surface area contributed by atoms with Gasteiger partial charge in [0, 0.05) is 12.8 Å². The van der Waals surface area contributed by atoms with Crippen molar-refractivity contribution in [2.24, 2.45) is 0 Å². The molecule has 574 valence electrons. The van der Waals surface area contributed by atoms with Crippen molar-refractivity contribution in [3.8, 4) is 0 Å². The van der Waals surface area contributed by atoms with E-state index in [0.29, 0.717) is 23.9 Å². The number of phosphoric ester groups is 1. The number of carbonyl (C=O) groups excluding carboxylic acids is 2. The molecule has 0 fully saturated rings. The number of carbonyl (C=O) groups is 2. The van der Waals surface area contributed by atoms with E-state index in [-0.39, 0.29) is 25.6 Å². The fourth-order valence-corrected chi connectivity index (χ4v) is 13.5. The smallest absolute Gasteiger partial charge is 0.462 e. The molecule has 0 rings (SSSR count). The molecule has 0 aromatic rings. The lowest BCUT2D eigenvalue weighted by Crippen LogP contribution is -2.37. The van der Waals surface area contributed by atoms with Gasteiger partial charge in [-0.25, -0.2) is 4.57 Å². The van der Waals surface area contributed by atoms with Gasteiger partial charge in [-0.2, -0.15) is 0 Å². The molecule has 0 aromatic carbocycles. The van der Waals surface area contributed by atoms with E-state index in [0.717, 1.165) is 64.2 Å². The van der Waals surface area contributed by atoms with Crippen LogP contribution in [0.15, 0.2) is 72.9 Å². The largest absolute Gasteiger partial charge is 0.472 e. The lowest BCUT2D eigenvalue weighted by atomic mass is 10.0. The van der Waals surface area contributed by atoms with E-state index >= 15 is 0 Å². The van der Waals surface area contributed by atoms with Gasteiger partial charge in [0.15, 0.2) is 6.10 Å². The molecule has 2 atom stereocenters. The van der Waals surface area contributed by atoms with Gasteiger partial charge in [-0.1, -0.05) is 401 Å². The average Bonchev–Trinajstić information content (AvgIpc) is 1.08. The normalized spacial score (nSPS) is 13.3. The minimum absolute atomic E-state index is 0.0339. The molecule has 0 amide bonds. The van der Waals surface area contributed by atoms with Gasteiger partial charge < -0.3 is 18.9 Å². The summed E-state index contributed by atoms with van der Waals surface area (Å²) in [5.74, 6) is -0.773. The van der Waals surface area contributed by atoms with Gasteiger partial charge >= 0.3 is 19.8 Å². The molecule has 10 heteroatoms. The molecule has 0 bridgehead atoms. The molecule has 1 N–H and O–H groups in total. The first-order valence-electron chi connectivity index (χ1n) is 42.7. The molecule has 98 heavy (non-hydrogen) atoms. The number of hydrogen-bond donors (Lipinski definition) is 1. The predicted octanol–water partition coefficient (Wildman–Crippen LogP) is 28.6. The van der Waals surface area contributed by atoms with Crippen LogP contribution in [0.2, 0.25) is 0 Å². The maximum absolute atomic E-state index is 12.9. The number of allylic oxidation sites excluding steroid dienone is 12. The zero-order valence-electron chi connectivity index (χ0n) is 65.8. The van der Waals surface area contributed by atoms with Crippen LogP contribution in [0.1, 0.15) is 425 Å². The first-order valence-corrected chi connectivity index (χ1v) is 44.2. The van der Waals surface area contributed by atoms with Crippen molar-refractivity contribution < 1.29 is 42.1 Å². The molecular formula is C88H165NO8P+. The zero-order valence-corrected chi connectivity index (χ0v) is 66.7. The van der Waals surface area contributed by atoms with Crippen LogP contribution in [-0.4, -0.2) is 74.9 Å². The Morgan fingerprint density at radius 1 is 0.327 bits per heavy atom. The van der Waals surface area contributed by atoms with Crippen LogP contribution in [0.4, 0.5) is 0 Å². The highest BCUT2D eigenvalue weighted by molar-refractivity contribution is 7.47. The molecule has 0 aromatic heterocycles. The number of unbranched alkanes of at least 4 members (excludes halogenated alkanes) is 54. The number of nitrogens with zero attached hydrogens (tertiary/aromatic N) is 1. The monoisotopic (exact) mass is 1400 g/mol. The molecule has 0 saturated carbocycles. The van der Waals surface area contributed by atoms with E-state index in [1.54, 1.807) is 0 Å². The SMILES string of the molecule is CC/C=C\C/C=C\C/C=C\C/C=C\CCCCCCCCCCCCCCCCCCCCCCCCC(=O)OC(COC(=O)CCCCCCCCCCCCCCCCCCCCCCCCCCCCC/C=C\C/C=C\CCCCCCC)COP(=O)(O)OCC[N+](C)(C)C. The Bertz CT molecular complexity index is 1890. The maximum Gasteiger partial charge on any atom is 0.472 e. The van der Waals surface area contributed by atoms with Crippen LogP contribution in [-0.2, 0) is 32.7 Å². The molecular weight excluding hydrogens is 1230 g/mol. The number of ether oxygens (including phenoxy) is 2. The quantitative estimate of drug-likeness (QED) is 0.0211. The molecule has 2 unspecified atom stereocenters. The third kappa shape index (κ3) is 82.4. The highest BCUT2D eigenvalue weighted by Gasteiger charge is 2.27. The van der Waals surface area contributed by atoms with Crippen molar-refractivity contribution in [3.05, 3.63) is 72.9 Å². The van der Waals surface area contributed by atoms with E-state index in [9.17, 15) is 19.0 Å². The Morgan fingerprint density at radius 2 is 0.582 bits per heavy atom. The molecule has 9 nitrogen and oxygen atoms in total. The van der Waals surface area contributed by atoms with Crippen molar-refractivity contribution in [2.75, 3.05) is 47.5 Å². The van der Waals surface area contributed by atoms with E-state index in [1.165, 1.54) is 327 Å². The van der Waals surface area contributed by atoms with Crippen LogP contribution in [0.25, 0.3) is 0 Å². The van der Waals surface area contributed by atoms with Crippen molar-refractivity contribution in [3.63, 3.8) is 0 Å². The molecule has 0 aliphatic heterocycles. The lowest BCUT2D eigenvalue weighted by molar-refractivity contribution is -0.870. The van der Waals surface area contributed by atoms with E-state index in [1.807, 2.05) is 21.1 Å². The van der Waals surface area contributed by atoms with Gasteiger partial charge in [0.1, 0.15) is 19.8 Å². The van der Waals surface area contributed by atoms with Gasteiger partial charge in [-0.3, -0.25) is 18.6 Å². The Morgan fingerprint density at radius 3 is 0.867 bits per heavy atom. The molecule has 0 aliphatic carbocycles. The lowest BCUT2D eigenvalue weighted by Gasteiger charge is -2.24. The summed E-state index contributed by atoms with van der Waals surface area (Å²) in [5.41, 5.74) is 0. The Balaban J connectivity index is 3.87. The standard InChI is InChI=1S/C88H164NO8P/c1-6-8-10-12-14-16-18-20-22-24-26-28-30-32-34-36-38-40-42-43-44-45-47-48-50-52-54-56-58-60-62-64-66-68-70-72-74-76-78-80-87(90)94-84-86(85-96-98(92,93)95-83-82-89(3,4)5)97-88(91)81-79-77-75-73-71-69-67-65-63-61-59-57-55-53-51-49-46-41-39-37-35-33-31-29-27-25-23-21-19-17-15-13-11-9-7-2/h9,11,15,17-18,20-21,23-24,26-27,29,86H,6-8,10,12-14,16,19,22,25,28,30-85H2,1-5H3/p+1/b11-9-,17-15-,20-18-,23-21-,26-24-,29-27-. The molecule has 0 saturated heterocycles. The van der Waals surface area contributed by atoms with E-state index in [2.05, 4.69) is 86.8 Å². The second-order valence-electron chi connectivity index (χ2n) is 30.2. The van der Waals surface area contributed by atoms with Crippen molar-refractivity contribution in [1.82, 2.24) is 0 Å². The van der Waals surface area contributed by atoms with E-state index in [4.69, 9.17) is 18.5 Å². The molecule has 0 heterocycles. The summed E-state index contributed by atoms with van der Waals surface area (Å²) in [6, 6.07) is 0. The summed E-state index contributed by atoms with van der Waals surface area (Å²) >= 11 is 0. The van der Waals surface area contributed by atoms with Crippen molar-refractivity contribution >= 4 is 19.8 Å². The number of likely N-dealkylation sites (N-methyl/N-ethyl adjacent to an activating group) is 1. The first-order chi connectivity index (χ1) is 48.0. The third-order valence-corrected chi connectivity index (χ3v) is 20.2. The number of esters is 2. The third-order valence-electron chi connectivity index (χ3n) is 19.2. The Kier molecular flexibility index (Phi) is 76.5. The van der Waals surface area contributed by atoms with Gasteiger partial charge in [0.2, 0.25) is 0 Å². The summed E-state index contributed by atoms with van der Waals surface area (Å²) in [4.78, 5) is 36.0. The Hall–Kier alpha value is -2.55. The van der Waals surface area contributed by atoms with Gasteiger partial charge in [-0.05, 0) is 83.5 Å². The minimum atomic E-state index is -4.40. The second kappa shape index (κ2) is 78.6. The molecule has 0 aliphatic rings. The second-order valence-corrected chi connectivity index (χ2v) is 31.6. The summed E-state index contributed by atoms with van der Waals surface area (Å²) in [6.07, 6.45) is 108. The Labute approximate surface area is 609 Å². The topological polar surface area (TPSA) is 108 Å². The summed E-state index contributed by atoms with van der Waals surface area (Å²) in [6.45, 7) is 4.38. The number of rotatable bonds is 80. The van der Waals surface area contributed by atoms with Crippen LogP contribution in [0, 0.1) is 0 Å². The fraction of sp³-hybridized carbons (Fsp3) is 0.841. The zero-order chi connectivity index (χ0) is 71.1. The maximum atomic E-state index is 12.9. The first kappa shape index (κ1) is 95.5. The highest BCUT2D eigenvalue weighted by atomic mass is 31.2. The fourth-order valence-electron chi connectivity index (χ4n) is 12.8. The molecule has 0 spiro atoms. The van der Waals surface area contributed by atoms with Gasteiger partial charge in [0.05, 0.1) is 27.7 Å².